The van der Waals surface area contributed by atoms with Crippen molar-refractivity contribution in [3.8, 4) is 11.4 Å². The lowest BCUT2D eigenvalue weighted by molar-refractivity contribution is 0.251. The number of amides is 2. The highest BCUT2D eigenvalue weighted by molar-refractivity contribution is 7.98. The third-order valence-corrected chi connectivity index (χ3v) is 7.13. The summed E-state index contributed by atoms with van der Waals surface area (Å²) in [6.45, 7) is 0.0551. The van der Waals surface area contributed by atoms with E-state index in [1.807, 2.05) is 24.3 Å². The first-order chi connectivity index (χ1) is 17.4. The number of rotatable bonds is 8. The lowest BCUT2D eigenvalue weighted by Crippen LogP contribution is -2.29. The standard InChI is InChI=1S/C24H19Cl4N5O2S/c1-35-16-5-2-4-14(10-16)13-36-24-32-31-21(33(24)20-9-8-15(25)11-19(20)28)12-29-23(34)30-22-17(26)6-3-7-18(22)27/h2-11H,12-13H2,1H3,(H2,29,30,34). The molecule has 2 N–H and O–H groups in total. The highest BCUT2D eigenvalue weighted by atomic mass is 35.5. The highest BCUT2D eigenvalue weighted by Gasteiger charge is 2.18. The van der Waals surface area contributed by atoms with Crippen molar-refractivity contribution in [3.63, 3.8) is 0 Å². The molecular weight excluding hydrogens is 564 g/mol. The van der Waals surface area contributed by atoms with Crippen molar-refractivity contribution >= 4 is 69.9 Å². The average Bonchev–Trinajstić information content (AvgIpc) is 3.26. The fourth-order valence-electron chi connectivity index (χ4n) is 3.26. The second kappa shape index (κ2) is 12.1. The van der Waals surface area contributed by atoms with Gasteiger partial charge >= 0.3 is 6.03 Å². The lowest BCUT2D eigenvalue weighted by atomic mass is 10.2. The second-order valence-corrected chi connectivity index (χ2v) is 9.98. The number of thioether (sulfide) groups is 1. The maximum absolute atomic E-state index is 12.6. The van der Waals surface area contributed by atoms with Gasteiger partial charge in [-0.05, 0) is 48.0 Å². The molecule has 0 unspecified atom stereocenters. The Morgan fingerprint density at radius 2 is 1.72 bits per heavy atom. The molecule has 0 saturated heterocycles. The van der Waals surface area contributed by atoms with Crippen LogP contribution in [0.4, 0.5) is 10.5 Å². The molecule has 1 heterocycles. The van der Waals surface area contributed by atoms with Gasteiger partial charge < -0.3 is 15.4 Å². The van der Waals surface area contributed by atoms with Crippen LogP contribution < -0.4 is 15.4 Å². The molecule has 36 heavy (non-hydrogen) atoms. The zero-order valence-electron chi connectivity index (χ0n) is 18.8. The topological polar surface area (TPSA) is 81.1 Å². The number of urea groups is 1. The van der Waals surface area contributed by atoms with E-state index in [0.717, 1.165) is 11.3 Å². The number of para-hydroxylation sites is 1. The number of nitrogens with zero attached hydrogens (tertiary/aromatic N) is 3. The maximum atomic E-state index is 12.6. The van der Waals surface area contributed by atoms with Crippen molar-refractivity contribution in [1.29, 1.82) is 0 Å². The van der Waals surface area contributed by atoms with E-state index in [4.69, 9.17) is 51.1 Å². The Morgan fingerprint density at radius 3 is 2.44 bits per heavy atom. The number of aromatic nitrogens is 3. The van der Waals surface area contributed by atoms with Crippen molar-refractivity contribution in [1.82, 2.24) is 20.1 Å². The summed E-state index contributed by atoms with van der Waals surface area (Å²) in [5.74, 6) is 1.84. The molecule has 3 aromatic carbocycles. The van der Waals surface area contributed by atoms with Gasteiger partial charge in [0.15, 0.2) is 11.0 Å². The molecule has 186 valence electrons. The van der Waals surface area contributed by atoms with Crippen LogP contribution in [0.25, 0.3) is 5.69 Å². The van der Waals surface area contributed by atoms with Gasteiger partial charge in [0.05, 0.1) is 40.1 Å². The fraction of sp³-hybridized carbons (Fsp3) is 0.125. The van der Waals surface area contributed by atoms with Gasteiger partial charge in [-0.25, -0.2) is 4.79 Å². The highest BCUT2D eigenvalue weighted by Crippen LogP contribution is 2.32. The van der Waals surface area contributed by atoms with Crippen molar-refractivity contribution in [2.45, 2.75) is 17.5 Å². The second-order valence-electron chi connectivity index (χ2n) is 7.37. The van der Waals surface area contributed by atoms with Gasteiger partial charge in [0.25, 0.3) is 0 Å². The number of carbonyl (C=O) groups is 1. The van der Waals surface area contributed by atoms with E-state index in [1.165, 1.54) is 11.8 Å². The lowest BCUT2D eigenvalue weighted by Gasteiger charge is -2.14. The Morgan fingerprint density at radius 1 is 0.972 bits per heavy atom. The van der Waals surface area contributed by atoms with Gasteiger partial charge in [-0.1, -0.05) is 76.4 Å². The van der Waals surface area contributed by atoms with Crippen LogP contribution in [0, 0.1) is 0 Å². The van der Waals surface area contributed by atoms with Crippen LogP contribution >= 0.6 is 58.2 Å². The molecular formula is C24H19Cl4N5O2S. The van der Waals surface area contributed by atoms with Crippen LogP contribution in [0.3, 0.4) is 0 Å². The SMILES string of the molecule is COc1cccc(CSc2nnc(CNC(=O)Nc3c(Cl)cccc3Cl)n2-c2ccc(Cl)cc2Cl)c1. The van der Waals surface area contributed by atoms with Gasteiger partial charge in [-0.2, -0.15) is 0 Å². The zero-order valence-corrected chi connectivity index (χ0v) is 22.6. The van der Waals surface area contributed by atoms with Crippen LogP contribution in [0.2, 0.25) is 20.1 Å². The molecule has 2 amide bonds. The minimum atomic E-state index is -0.507. The summed E-state index contributed by atoms with van der Waals surface area (Å²) < 4.78 is 7.09. The number of ether oxygens (including phenoxy) is 1. The van der Waals surface area contributed by atoms with Crippen molar-refractivity contribution in [2.75, 3.05) is 12.4 Å². The molecule has 0 bridgehead atoms. The van der Waals surface area contributed by atoms with E-state index in [0.29, 0.717) is 48.2 Å². The summed E-state index contributed by atoms with van der Waals surface area (Å²) in [5.41, 5.74) is 1.99. The average molecular weight is 583 g/mol. The molecule has 0 spiro atoms. The van der Waals surface area contributed by atoms with Gasteiger partial charge in [0.1, 0.15) is 5.75 Å². The minimum absolute atomic E-state index is 0.0551. The third-order valence-electron chi connectivity index (χ3n) is 4.96. The monoisotopic (exact) mass is 581 g/mol. The van der Waals surface area contributed by atoms with Crippen LogP contribution in [0.15, 0.2) is 65.8 Å². The van der Waals surface area contributed by atoms with Gasteiger partial charge in [0, 0.05) is 10.8 Å². The molecule has 0 aliphatic carbocycles. The first kappa shape index (κ1) is 26.4. The van der Waals surface area contributed by atoms with Crippen LogP contribution in [-0.2, 0) is 12.3 Å². The van der Waals surface area contributed by atoms with Crippen molar-refractivity contribution in [3.05, 3.63) is 92.1 Å². The Hall–Kier alpha value is -2.62. The minimum Gasteiger partial charge on any atom is -0.497 e. The number of halogens is 4. The number of methoxy groups -OCH3 is 1. The number of nitrogens with one attached hydrogen (secondary N) is 2. The molecule has 0 saturated carbocycles. The summed E-state index contributed by atoms with van der Waals surface area (Å²) in [7, 11) is 1.63. The molecule has 0 aliphatic rings. The maximum Gasteiger partial charge on any atom is 0.319 e. The van der Waals surface area contributed by atoms with E-state index in [1.54, 1.807) is 48.1 Å². The fourth-order valence-corrected chi connectivity index (χ4v) is 5.15. The van der Waals surface area contributed by atoms with E-state index < -0.39 is 6.03 Å². The van der Waals surface area contributed by atoms with Crippen LogP contribution in [0.1, 0.15) is 11.4 Å². The van der Waals surface area contributed by atoms with E-state index in [2.05, 4.69) is 20.8 Å². The summed E-state index contributed by atoms with van der Waals surface area (Å²) in [6.07, 6.45) is 0. The molecule has 4 aromatic rings. The predicted octanol–water partition coefficient (Wildman–Crippen LogP) is 7.50. The summed E-state index contributed by atoms with van der Waals surface area (Å²) in [5, 5.41) is 16.2. The Balaban J connectivity index is 1.56. The van der Waals surface area contributed by atoms with Crippen LogP contribution in [0.5, 0.6) is 5.75 Å². The number of hydrogen-bond donors (Lipinski definition) is 2. The van der Waals surface area contributed by atoms with E-state index in [-0.39, 0.29) is 6.54 Å². The summed E-state index contributed by atoms with van der Waals surface area (Å²) in [4.78, 5) is 12.6. The molecule has 0 fully saturated rings. The molecule has 7 nitrogen and oxygen atoms in total. The summed E-state index contributed by atoms with van der Waals surface area (Å²) >= 11 is 26.4. The van der Waals surface area contributed by atoms with E-state index in [9.17, 15) is 4.79 Å². The summed E-state index contributed by atoms with van der Waals surface area (Å²) in [6, 6.07) is 17.3. The molecule has 1 aromatic heterocycles. The number of carbonyl (C=O) groups excluding carboxylic acids is 1. The number of benzene rings is 3. The largest absolute Gasteiger partial charge is 0.497 e. The zero-order chi connectivity index (χ0) is 25.7. The first-order valence-corrected chi connectivity index (χ1v) is 13.0. The molecule has 0 radical (unpaired) electrons. The van der Waals surface area contributed by atoms with Crippen molar-refractivity contribution < 1.29 is 9.53 Å². The smallest absolute Gasteiger partial charge is 0.319 e. The Bertz CT molecular complexity index is 1380. The predicted molar refractivity (Wildman–Crippen MR) is 146 cm³/mol. The molecule has 4 rings (SSSR count). The number of hydrogen-bond acceptors (Lipinski definition) is 5. The van der Waals surface area contributed by atoms with E-state index >= 15 is 0 Å². The molecule has 0 aliphatic heterocycles. The Kier molecular flexibility index (Phi) is 8.87. The van der Waals surface area contributed by atoms with Gasteiger partial charge in [-0.3, -0.25) is 4.57 Å². The Labute approximate surface area is 232 Å². The molecule has 12 heteroatoms. The first-order valence-electron chi connectivity index (χ1n) is 10.5. The van der Waals surface area contributed by atoms with Crippen molar-refractivity contribution in [2.24, 2.45) is 0 Å². The normalized spacial score (nSPS) is 10.8. The number of anilines is 1. The molecule has 0 atom stereocenters. The quantitative estimate of drug-likeness (QED) is 0.210. The van der Waals surface area contributed by atoms with Crippen LogP contribution in [-0.4, -0.2) is 27.9 Å². The van der Waals surface area contributed by atoms with Gasteiger partial charge in [0.2, 0.25) is 0 Å². The van der Waals surface area contributed by atoms with Gasteiger partial charge in [-0.15, -0.1) is 10.2 Å². The third kappa shape index (κ3) is 6.38.